The highest BCUT2D eigenvalue weighted by Crippen LogP contribution is 2.08. The molecule has 18 heavy (non-hydrogen) atoms. The summed E-state index contributed by atoms with van der Waals surface area (Å²) in [6, 6.07) is 4.13. The molecule has 0 unspecified atom stereocenters. The molecule has 1 fully saturated rings. The van der Waals surface area contributed by atoms with E-state index in [9.17, 15) is 0 Å². The maximum absolute atomic E-state index is 5.31. The van der Waals surface area contributed by atoms with Crippen molar-refractivity contribution in [2.75, 3.05) is 38.7 Å². The molecule has 0 atom stereocenters. The Hall–Kier alpha value is -1.39. The average molecular weight is 249 g/mol. The molecule has 1 aliphatic rings. The second-order valence-corrected chi connectivity index (χ2v) is 4.10. The first-order valence-corrected chi connectivity index (χ1v) is 6.30. The summed E-state index contributed by atoms with van der Waals surface area (Å²) < 4.78 is 5.31. The fraction of sp³-hybridized carbons (Fsp3) is 0.500. The van der Waals surface area contributed by atoms with E-state index in [1.165, 1.54) is 5.56 Å². The van der Waals surface area contributed by atoms with Crippen molar-refractivity contribution in [1.82, 2.24) is 9.88 Å². The van der Waals surface area contributed by atoms with E-state index in [1.807, 2.05) is 26.2 Å². The SMILES string of the molecule is C=CC.CNc1ccc(CN2CCOCC2)cn1. The molecular formula is C14H23N3O. The van der Waals surface area contributed by atoms with Crippen LogP contribution in [0.1, 0.15) is 12.5 Å². The molecule has 1 saturated heterocycles. The Bertz CT molecular complexity index is 331. The topological polar surface area (TPSA) is 37.4 Å². The van der Waals surface area contributed by atoms with E-state index < -0.39 is 0 Å². The van der Waals surface area contributed by atoms with Crippen LogP contribution < -0.4 is 5.32 Å². The predicted octanol–water partition coefficient (Wildman–Crippen LogP) is 2.15. The highest BCUT2D eigenvalue weighted by atomic mass is 16.5. The number of nitrogens with zero attached hydrogens (tertiary/aromatic N) is 2. The molecule has 1 aliphatic heterocycles. The van der Waals surface area contributed by atoms with Crippen LogP contribution in [0.25, 0.3) is 0 Å². The number of pyridine rings is 1. The van der Waals surface area contributed by atoms with Gasteiger partial charge in [-0.25, -0.2) is 4.98 Å². The number of hydrogen-bond acceptors (Lipinski definition) is 4. The van der Waals surface area contributed by atoms with Crippen molar-refractivity contribution < 1.29 is 4.74 Å². The fourth-order valence-corrected chi connectivity index (χ4v) is 1.68. The van der Waals surface area contributed by atoms with Gasteiger partial charge in [0, 0.05) is 32.9 Å². The van der Waals surface area contributed by atoms with Crippen molar-refractivity contribution in [3.8, 4) is 0 Å². The van der Waals surface area contributed by atoms with E-state index >= 15 is 0 Å². The van der Waals surface area contributed by atoms with Gasteiger partial charge in [-0.2, -0.15) is 0 Å². The molecule has 1 aromatic heterocycles. The number of ether oxygens (including phenoxy) is 1. The van der Waals surface area contributed by atoms with Gasteiger partial charge in [0.15, 0.2) is 0 Å². The van der Waals surface area contributed by atoms with Gasteiger partial charge in [-0.15, -0.1) is 6.58 Å². The molecule has 0 amide bonds. The van der Waals surface area contributed by atoms with Crippen LogP contribution >= 0.6 is 0 Å². The molecule has 0 aliphatic carbocycles. The summed E-state index contributed by atoms with van der Waals surface area (Å²) in [6.07, 6.45) is 3.68. The van der Waals surface area contributed by atoms with Crippen molar-refractivity contribution in [2.24, 2.45) is 0 Å². The van der Waals surface area contributed by atoms with Crippen molar-refractivity contribution in [3.63, 3.8) is 0 Å². The predicted molar refractivity (Wildman–Crippen MR) is 75.8 cm³/mol. The maximum atomic E-state index is 5.31. The van der Waals surface area contributed by atoms with E-state index in [2.05, 4.69) is 27.8 Å². The molecule has 1 N–H and O–H groups in total. The lowest BCUT2D eigenvalue weighted by atomic mass is 10.2. The quantitative estimate of drug-likeness (QED) is 0.833. The zero-order valence-corrected chi connectivity index (χ0v) is 11.4. The lowest BCUT2D eigenvalue weighted by Crippen LogP contribution is -2.35. The molecule has 0 saturated carbocycles. The van der Waals surface area contributed by atoms with Gasteiger partial charge in [0.25, 0.3) is 0 Å². The van der Waals surface area contributed by atoms with Gasteiger partial charge in [0.05, 0.1) is 13.2 Å². The van der Waals surface area contributed by atoms with Crippen LogP contribution in [0.2, 0.25) is 0 Å². The Balaban J connectivity index is 0.000000492. The van der Waals surface area contributed by atoms with Crippen LogP contribution in [0.15, 0.2) is 31.0 Å². The lowest BCUT2D eigenvalue weighted by Gasteiger charge is -2.26. The molecule has 4 heteroatoms. The van der Waals surface area contributed by atoms with E-state index in [0.29, 0.717) is 0 Å². The van der Waals surface area contributed by atoms with Crippen LogP contribution in [0.4, 0.5) is 5.82 Å². The first-order chi connectivity index (χ1) is 8.80. The Kier molecular flexibility index (Phi) is 7.06. The standard InChI is InChI=1S/C11H17N3O.C3H6/c1-12-11-3-2-10(8-13-11)9-14-4-6-15-7-5-14;1-3-2/h2-3,8H,4-7,9H2,1H3,(H,12,13);3H,1H2,2H3. The Morgan fingerprint density at radius 1 is 1.44 bits per heavy atom. The Labute approximate surface area is 110 Å². The van der Waals surface area contributed by atoms with Crippen LogP contribution in [-0.2, 0) is 11.3 Å². The lowest BCUT2D eigenvalue weighted by molar-refractivity contribution is 0.0341. The third-order valence-corrected chi connectivity index (χ3v) is 2.59. The fourth-order valence-electron chi connectivity index (χ4n) is 1.68. The zero-order chi connectivity index (χ0) is 13.2. The summed E-state index contributed by atoms with van der Waals surface area (Å²) >= 11 is 0. The van der Waals surface area contributed by atoms with E-state index in [0.717, 1.165) is 38.7 Å². The van der Waals surface area contributed by atoms with Gasteiger partial charge in [0.2, 0.25) is 0 Å². The zero-order valence-electron chi connectivity index (χ0n) is 11.4. The minimum Gasteiger partial charge on any atom is -0.379 e. The number of hydrogen-bond donors (Lipinski definition) is 1. The van der Waals surface area contributed by atoms with Crippen molar-refractivity contribution in [2.45, 2.75) is 13.5 Å². The van der Waals surface area contributed by atoms with Crippen molar-refractivity contribution in [1.29, 1.82) is 0 Å². The molecule has 2 rings (SSSR count). The maximum Gasteiger partial charge on any atom is 0.125 e. The summed E-state index contributed by atoms with van der Waals surface area (Å²) in [5, 5.41) is 3.01. The number of anilines is 1. The van der Waals surface area contributed by atoms with E-state index in [4.69, 9.17) is 4.74 Å². The average Bonchev–Trinajstić information content (AvgIpc) is 2.42. The third kappa shape index (κ3) is 5.29. The molecular weight excluding hydrogens is 226 g/mol. The minimum absolute atomic E-state index is 0.849. The van der Waals surface area contributed by atoms with Gasteiger partial charge in [-0.1, -0.05) is 12.1 Å². The first-order valence-electron chi connectivity index (χ1n) is 6.30. The van der Waals surface area contributed by atoms with Gasteiger partial charge in [0.1, 0.15) is 5.82 Å². The smallest absolute Gasteiger partial charge is 0.125 e. The molecule has 0 radical (unpaired) electrons. The number of rotatable bonds is 3. The Morgan fingerprint density at radius 3 is 2.61 bits per heavy atom. The minimum atomic E-state index is 0.849. The number of nitrogens with one attached hydrogen (secondary N) is 1. The second kappa shape index (κ2) is 8.66. The molecule has 1 aromatic rings. The van der Waals surface area contributed by atoms with Gasteiger partial charge < -0.3 is 10.1 Å². The summed E-state index contributed by atoms with van der Waals surface area (Å²) in [7, 11) is 1.88. The molecule has 0 spiro atoms. The monoisotopic (exact) mass is 249 g/mol. The normalized spacial score (nSPS) is 15.4. The third-order valence-electron chi connectivity index (χ3n) is 2.59. The number of morpholine rings is 1. The van der Waals surface area contributed by atoms with Crippen LogP contribution in [0.3, 0.4) is 0 Å². The van der Waals surface area contributed by atoms with E-state index in [1.54, 1.807) is 6.08 Å². The van der Waals surface area contributed by atoms with Crippen LogP contribution in [0.5, 0.6) is 0 Å². The van der Waals surface area contributed by atoms with Gasteiger partial charge in [-0.3, -0.25) is 4.90 Å². The highest BCUT2D eigenvalue weighted by Gasteiger charge is 2.10. The Morgan fingerprint density at radius 2 is 2.11 bits per heavy atom. The molecule has 2 heterocycles. The first kappa shape index (κ1) is 14.7. The van der Waals surface area contributed by atoms with Crippen molar-refractivity contribution >= 4 is 5.82 Å². The van der Waals surface area contributed by atoms with Crippen LogP contribution in [0, 0.1) is 0 Å². The second-order valence-electron chi connectivity index (χ2n) is 4.10. The summed E-state index contributed by atoms with van der Waals surface area (Å²) in [5.41, 5.74) is 1.26. The number of allylic oxidation sites excluding steroid dienone is 1. The summed E-state index contributed by atoms with van der Waals surface area (Å²) in [4.78, 5) is 6.68. The molecule has 0 bridgehead atoms. The van der Waals surface area contributed by atoms with Crippen molar-refractivity contribution in [3.05, 3.63) is 36.5 Å². The van der Waals surface area contributed by atoms with Gasteiger partial charge in [-0.05, 0) is 18.6 Å². The van der Waals surface area contributed by atoms with Gasteiger partial charge >= 0.3 is 0 Å². The van der Waals surface area contributed by atoms with E-state index in [-0.39, 0.29) is 0 Å². The summed E-state index contributed by atoms with van der Waals surface area (Å²) in [5.74, 6) is 0.917. The molecule has 4 nitrogen and oxygen atoms in total. The largest absolute Gasteiger partial charge is 0.379 e. The molecule has 100 valence electrons. The molecule has 0 aromatic carbocycles. The number of aromatic nitrogens is 1. The highest BCUT2D eigenvalue weighted by molar-refractivity contribution is 5.34. The van der Waals surface area contributed by atoms with Crippen LogP contribution in [-0.4, -0.2) is 43.2 Å². The summed E-state index contributed by atoms with van der Waals surface area (Å²) in [6.45, 7) is 9.96.